The number of hydrogen-bond acceptors (Lipinski definition) is 3. The molecule has 0 bridgehead atoms. The van der Waals surface area contributed by atoms with Crippen LogP contribution in [0.15, 0.2) is 36.4 Å². The number of ether oxygens (including phenoxy) is 1. The van der Waals surface area contributed by atoms with E-state index in [-0.39, 0.29) is 0 Å². The molecule has 1 aliphatic rings. The van der Waals surface area contributed by atoms with Crippen molar-refractivity contribution in [3.05, 3.63) is 36.4 Å². The number of aromatic hydroxyl groups is 1. The Bertz CT molecular complexity index is 561. The third-order valence-electron chi connectivity index (χ3n) is 3.69. The summed E-state index contributed by atoms with van der Waals surface area (Å²) < 4.78 is 5.28. The fourth-order valence-corrected chi connectivity index (χ4v) is 2.52. The van der Waals surface area contributed by atoms with E-state index in [1.54, 1.807) is 13.2 Å². The Balaban J connectivity index is 1.86. The molecule has 2 aromatic rings. The van der Waals surface area contributed by atoms with Crippen LogP contribution < -0.4 is 5.32 Å². The molecule has 2 aromatic carbocycles. The van der Waals surface area contributed by atoms with E-state index in [0.717, 1.165) is 29.3 Å². The van der Waals surface area contributed by atoms with Crippen LogP contribution in [-0.2, 0) is 4.74 Å². The molecule has 1 fully saturated rings. The number of nitrogens with one attached hydrogen (secondary N) is 1. The van der Waals surface area contributed by atoms with Gasteiger partial charge in [-0.2, -0.15) is 0 Å². The van der Waals surface area contributed by atoms with E-state index in [1.165, 1.54) is 0 Å². The van der Waals surface area contributed by atoms with Crippen LogP contribution in [0, 0.1) is 0 Å². The highest BCUT2D eigenvalue weighted by atomic mass is 16.5. The summed E-state index contributed by atoms with van der Waals surface area (Å²) in [7, 11) is 1.76. The first-order valence-corrected chi connectivity index (χ1v) is 6.28. The fourth-order valence-electron chi connectivity index (χ4n) is 2.52. The molecule has 94 valence electrons. The van der Waals surface area contributed by atoms with E-state index in [2.05, 4.69) is 11.4 Å². The number of rotatable bonds is 3. The van der Waals surface area contributed by atoms with Gasteiger partial charge in [-0.15, -0.1) is 0 Å². The van der Waals surface area contributed by atoms with E-state index in [1.807, 2.05) is 24.3 Å². The minimum Gasteiger partial charge on any atom is -0.507 e. The van der Waals surface area contributed by atoms with E-state index >= 15 is 0 Å². The van der Waals surface area contributed by atoms with Gasteiger partial charge in [-0.3, -0.25) is 0 Å². The molecule has 3 nitrogen and oxygen atoms in total. The molecule has 0 amide bonds. The molecule has 0 unspecified atom stereocenters. The minimum atomic E-state index is 0.333. The maximum Gasteiger partial charge on any atom is 0.123 e. The van der Waals surface area contributed by atoms with Gasteiger partial charge in [0.05, 0.1) is 6.10 Å². The van der Waals surface area contributed by atoms with Crippen molar-refractivity contribution in [2.24, 2.45) is 0 Å². The monoisotopic (exact) mass is 243 g/mol. The number of fused-ring (bicyclic) bond motifs is 1. The number of hydrogen-bond donors (Lipinski definition) is 2. The van der Waals surface area contributed by atoms with Crippen LogP contribution in [0.25, 0.3) is 10.8 Å². The molecule has 0 spiro atoms. The first kappa shape index (κ1) is 11.4. The van der Waals surface area contributed by atoms with E-state index in [9.17, 15) is 5.11 Å². The Morgan fingerprint density at radius 3 is 2.61 bits per heavy atom. The van der Waals surface area contributed by atoms with E-state index in [4.69, 9.17) is 4.74 Å². The van der Waals surface area contributed by atoms with Gasteiger partial charge in [0.2, 0.25) is 0 Å². The fraction of sp³-hybridized carbons (Fsp3) is 0.333. The summed E-state index contributed by atoms with van der Waals surface area (Å²) in [5.74, 6) is 0.333. The molecule has 0 saturated heterocycles. The van der Waals surface area contributed by atoms with Crippen molar-refractivity contribution in [1.29, 1.82) is 0 Å². The average Bonchev–Trinajstić information content (AvgIpc) is 2.34. The van der Waals surface area contributed by atoms with Gasteiger partial charge >= 0.3 is 0 Å². The molecule has 0 radical (unpaired) electrons. The maximum atomic E-state index is 9.83. The zero-order chi connectivity index (χ0) is 12.5. The summed E-state index contributed by atoms with van der Waals surface area (Å²) in [6.07, 6.45) is 2.49. The maximum absolute atomic E-state index is 9.83. The van der Waals surface area contributed by atoms with Crippen LogP contribution in [0.4, 0.5) is 5.69 Å². The van der Waals surface area contributed by atoms with E-state index < -0.39 is 0 Å². The molecule has 1 saturated carbocycles. The molecular weight excluding hydrogens is 226 g/mol. The van der Waals surface area contributed by atoms with Crippen molar-refractivity contribution in [2.45, 2.75) is 25.0 Å². The lowest BCUT2D eigenvalue weighted by atomic mass is 9.89. The SMILES string of the molecule is COC1CC(Nc2cccc3c(O)cccc23)C1. The molecule has 0 atom stereocenters. The average molecular weight is 243 g/mol. The molecule has 2 N–H and O–H groups in total. The van der Waals surface area contributed by atoms with Crippen LogP contribution in [0.2, 0.25) is 0 Å². The van der Waals surface area contributed by atoms with Gasteiger partial charge in [-0.05, 0) is 25.0 Å². The Kier molecular flexibility index (Phi) is 2.84. The standard InChI is InChI=1S/C15H17NO2/c1-18-11-8-10(9-11)16-14-6-2-5-13-12(14)4-3-7-15(13)17/h2-7,10-11,16-17H,8-9H2,1H3. The van der Waals surface area contributed by atoms with Gasteiger partial charge in [0.1, 0.15) is 5.75 Å². The highest BCUT2D eigenvalue weighted by molar-refractivity contribution is 5.97. The Hall–Kier alpha value is -1.74. The van der Waals surface area contributed by atoms with Gasteiger partial charge in [0, 0.05) is 29.6 Å². The van der Waals surface area contributed by atoms with Crippen LogP contribution >= 0.6 is 0 Å². The van der Waals surface area contributed by atoms with Gasteiger partial charge in [0.25, 0.3) is 0 Å². The minimum absolute atomic E-state index is 0.333. The highest BCUT2D eigenvalue weighted by Crippen LogP contribution is 2.33. The number of methoxy groups -OCH3 is 1. The van der Waals surface area contributed by atoms with Crippen molar-refractivity contribution in [2.75, 3.05) is 12.4 Å². The van der Waals surface area contributed by atoms with Crippen molar-refractivity contribution >= 4 is 16.5 Å². The normalized spacial score (nSPS) is 22.7. The summed E-state index contributed by atoms with van der Waals surface area (Å²) in [6.45, 7) is 0. The number of benzene rings is 2. The molecule has 0 aliphatic heterocycles. The Labute approximate surface area is 106 Å². The number of anilines is 1. The topological polar surface area (TPSA) is 41.5 Å². The zero-order valence-electron chi connectivity index (χ0n) is 10.4. The second kappa shape index (κ2) is 4.50. The van der Waals surface area contributed by atoms with Gasteiger partial charge < -0.3 is 15.2 Å². The van der Waals surface area contributed by atoms with Crippen molar-refractivity contribution in [3.63, 3.8) is 0 Å². The first-order valence-electron chi connectivity index (χ1n) is 6.28. The lowest BCUT2D eigenvalue weighted by molar-refractivity contribution is 0.0329. The summed E-state index contributed by atoms with van der Waals surface area (Å²) in [6, 6.07) is 12.1. The molecule has 3 rings (SSSR count). The second-order valence-corrected chi connectivity index (χ2v) is 4.85. The first-order chi connectivity index (χ1) is 8.78. The summed E-state index contributed by atoms with van der Waals surface area (Å²) in [5, 5.41) is 15.3. The van der Waals surface area contributed by atoms with Crippen LogP contribution in [0.1, 0.15) is 12.8 Å². The number of phenols is 1. The largest absolute Gasteiger partial charge is 0.507 e. The smallest absolute Gasteiger partial charge is 0.123 e. The molecule has 0 heterocycles. The molecule has 18 heavy (non-hydrogen) atoms. The van der Waals surface area contributed by atoms with Crippen molar-refractivity contribution < 1.29 is 9.84 Å². The van der Waals surface area contributed by atoms with E-state index in [0.29, 0.717) is 17.9 Å². The molecule has 1 aliphatic carbocycles. The summed E-state index contributed by atoms with van der Waals surface area (Å²) >= 11 is 0. The third-order valence-corrected chi connectivity index (χ3v) is 3.69. The Morgan fingerprint density at radius 2 is 1.83 bits per heavy atom. The zero-order valence-corrected chi connectivity index (χ0v) is 10.4. The van der Waals surface area contributed by atoms with Crippen LogP contribution in [0.3, 0.4) is 0 Å². The number of phenolic OH excluding ortho intramolecular Hbond substituents is 1. The Morgan fingerprint density at radius 1 is 1.11 bits per heavy atom. The van der Waals surface area contributed by atoms with Crippen molar-refractivity contribution in [3.8, 4) is 5.75 Å². The van der Waals surface area contributed by atoms with Gasteiger partial charge in [-0.25, -0.2) is 0 Å². The summed E-state index contributed by atoms with van der Waals surface area (Å²) in [5.41, 5.74) is 1.09. The third kappa shape index (κ3) is 1.91. The summed E-state index contributed by atoms with van der Waals surface area (Å²) in [4.78, 5) is 0. The van der Waals surface area contributed by atoms with Crippen LogP contribution in [0.5, 0.6) is 5.75 Å². The van der Waals surface area contributed by atoms with Gasteiger partial charge in [0.15, 0.2) is 0 Å². The van der Waals surface area contributed by atoms with Gasteiger partial charge in [-0.1, -0.05) is 24.3 Å². The lowest BCUT2D eigenvalue weighted by Crippen LogP contribution is -2.40. The quantitative estimate of drug-likeness (QED) is 0.870. The molecule has 3 heteroatoms. The highest BCUT2D eigenvalue weighted by Gasteiger charge is 2.28. The predicted octanol–water partition coefficient (Wildman–Crippen LogP) is 3.13. The second-order valence-electron chi connectivity index (χ2n) is 4.85. The van der Waals surface area contributed by atoms with Crippen LogP contribution in [-0.4, -0.2) is 24.4 Å². The molecular formula is C15H17NO2. The van der Waals surface area contributed by atoms with Crippen molar-refractivity contribution in [1.82, 2.24) is 0 Å². The lowest BCUT2D eigenvalue weighted by Gasteiger charge is -2.35. The molecule has 0 aromatic heterocycles. The predicted molar refractivity (Wildman–Crippen MR) is 73.1 cm³/mol.